The number of aromatic amines is 1. The molecule has 0 spiro atoms. The molecule has 2 amide bonds. The monoisotopic (exact) mass is 287 g/mol. The number of carbonyl (C=O) groups is 2. The van der Waals surface area contributed by atoms with Crippen LogP contribution in [0.25, 0.3) is 10.9 Å². The number of fused-ring (bicyclic) bond motifs is 1. The van der Waals surface area contributed by atoms with Crippen molar-refractivity contribution in [2.24, 2.45) is 5.92 Å². The van der Waals surface area contributed by atoms with E-state index in [0.717, 1.165) is 10.9 Å². The minimum atomic E-state index is -0.560. The van der Waals surface area contributed by atoms with E-state index in [2.05, 4.69) is 15.6 Å². The van der Waals surface area contributed by atoms with Gasteiger partial charge < -0.3 is 15.6 Å². The summed E-state index contributed by atoms with van der Waals surface area (Å²) in [5.74, 6) is -0.0381. The molecule has 5 heteroatoms. The first kappa shape index (κ1) is 15.1. The highest BCUT2D eigenvalue weighted by molar-refractivity contribution is 6.00. The minimum Gasteiger partial charge on any atom is -0.361 e. The highest BCUT2D eigenvalue weighted by Gasteiger charge is 2.16. The van der Waals surface area contributed by atoms with Crippen LogP contribution in [0, 0.1) is 5.92 Å². The van der Waals surface area contributed by atoms with E-state index in [9.17, 15) is 9.59 Å². The van der Waals surface area contributed by atoms with Crippen LogP contribution in [0.3, 0.4) is 0 Å². The second-order valence-corrected chi connectivity index (χ2v) is 5.61. The lowest BCUT2D eigenvalue weighted by Crippen LogP contribution is -2.45. The van der Waals surface area contributed by atoms with E-state index >= 15 is 0 Å². The molecule has 0 saturated heterocycles. The van der Waals surface area contributed by atoms with Gasteiger partial charge in [0.2, 0.25) is 5.91 Å². The lowest BCUT2D eigenvalue weighted by molar-refractivity contribution is -0.122. The quantitative estimate of drug-likeness (QED) is 0.787. The van der Waals surface area contributed by atoms with Crippen molar-refractivity contribution >= 4 is 22.7 Å². The van der Waals surface area contributed by atoms with E-state index in [1.165, 1.54) is 0 Å². The van der Waals surface area contributed by atoms with Crippen LogP contribution in [0.1, 0.15) is 31.1 Å². The number of amides is 2. The molecule has 5 nitrogen and oxygen atoms in total. The predicted molar refractivity (Wildman–Crippen MR) is 83.1 cm³/mol. The molecular formula is C16H21N3O2. The van der Waals surface area contributed by atoms with Gasteiger partial charge in [0.25, 0.3) is 5.91 Å². The molecule has 1 aromatic carbocycles. The fourth-order valence-electron chi connectivity index (χ4n) is 1.99. The molecule has 1 unspecified atom stereocenters. The zero-order valence-corrected chi connectivity index (χ0v) is 12.6. The number of hydrogen-bond donors (Lipinski definition) is 3. The Morgan fingerprint density at radius 1 is 1.19 bits per heavy atom. The molecular weight excluding hydrogens is 266 g/mol. The Morgan fingerprint density at radius 2 is 1.95 bits per heavy atom. The minimum absolute atomic E-state index is 0.169. The molecule has 3 N–H and O–H groups in total. The normalized spacial score (nSPS) is 12.4. The summed E-state index contributed by atoms with van der Waals surface area (Å²) in [5, 5.41) is 6.57. The molecule has 1 aromatic heterocycles. The van der Waals surface area contributed by atoms with Gasteiger partial charge in [-0.05, 0) is 36.4 Å². The fraction of sp³-hybridized carbons (Fsp3) is 0.375. The van der Waals surface area contributed by atoms with Crippen molar-refractivity contribution in [3.63, 3.8) is 0 Å². The summed E-state index contributed by atoms with van der Waals surface area (Å²) in [5.41, 5.74) is 1.44. The molecule has 2 rings (SSSR count). The number of H-pyrrole nitrogens is 1. The van der Waals surface area contributed by atoms with E-state index in [0.29, 0.717) is 18.0 Å². The summed E-state index contributed by atoms with van der Waals surface area (Å²) in [4.78, 5) is 27.1. The van der Waals surface area contributed by atoms with E-state index in [-0.39, 0.29) is 11.8 Å². The Bertz CT molecular complexity index is 646. The summed E-state index contributed by atoms with van der Waals surface area (Å²) >= 11 is 0. The Kier molecular flexibility index (Phi) is 4.62. The van der Waals surface area contributed by atoms with Crippen LogP contribution in [0.2, 0.25) is 0 Å². The summed E-state index contributed by atoms with van der Waals surface area (Å²) in [6.45, 7) is 6.33. The average Bonchev–Trinajstić information content (AvgIpc) is 2.91. The Hall–Kier alpha value is -2.30. The maximum absolute atomic E-state index is 12.2. The van der Waals surface area contributed by atoms with Gasteiger partial charge in [0.15, 0.2) is 0 Å². The SMILES string of the molecule is CC(C)CNC(=O)C(C)NC(=O)c1ccc2cc[nH]c2c1. The van der Waals surface area contributed by atoms with Gasteiger partial charge in [-0.2, -0.15) is 0 Å². The lowest BCUT2D eigenvalue weighted by Gasteiger charge is -2.15. The first-order valence-corrected chi connectivity index (χ1v) is 7.13. The lowest BCUT2D eigenvalue weighted by atomic mass is 10.1. The van der Waals surface area contributed by atoms with E-state index in [4.69, 9.17) is 0 Å². The van der Waals surface area contributed by atoms with E-state index in [1.807, 2.05) is 32.2 Å². The number of hydrogen-bond acceptors (Lipinski definition) is 2. The standard InChI is InChI=1S/C16H21N3O2/c1-10(2)9-18-15(20)11(3)19-16(21)13-5-4-12-6-7-17-14(12)8-13/h4-8,10-11,17H,9H2,1-3H3,(H,18,20)(H,19,21). The van der Waals surface area contributed by atoms with Gasteiger partial charge in [-0.25, -0.2) is 0 Å². The van der Waals surface area contributed by atoms with Crippen LogP contribution in [-0.4, -0.2) is 29.4 Å². The van der Waals surface area contributed by atoms with Gasteiger partial charge in [0.1, 0.15) is 6.04 Å². The Labute approximate surface area is 124 Å². The van der Waals surface area contributed by atoms with Crippen molar-refractivity contribution in [3.05, 3.63) is 36.0 Å². The van der Waals surface area contributed by atoms with Crippen molar-refractivity contribution in [2.75, 3.05) is 6.54 Å². The van der Waals surface area contributed by atoms with Crippen molar-refractivity contribution in [1.29, 1.82) is 0 Å². The first-order valence-electron chi connectivity index (χ1n) is 7.13. The molecule has 0 aliphatic carbocycles. The summed E-state index contributed by atoms with van der Waals surface area (Å²) in [6.07, 6.45) is 1.83. The third-order valence-corrected chi connectivity index (χ3v) is 3.24. The van der Waals surface area contributed by atoms with Gasteiger partial charge in [-0.1, -0.05) is 19.9 Å². The first-order chi connectivity index (χ1) is 9.97. The zero-order chi connectivity index (χ0) is 15.4. The zero-order valence-electron chi connectivity index (χ0n) is 12.6. The van der Waals surface area contributed by atoms with Crippen molar-refractivity contribution in [2.45, 2.75) is 26.8 Å². The number of aromatic nitrogens is 1. The van der Waals surface area contributed by atoms with Gasteiger partial charge >= 0.3 is 0 Å². The number of nitrogens with one attached hydrogen (secondary N) is 3. The van der Waals surface area contributed by atoms with Gasteiger partial charge in [-0.3, -0.25) is 9.59 Å². The van der Waals surface area contributed by atoms with Crippen molar-refractivity contribution in [3.8, 4) is 0 Å². The van der Waals surface area contributed by atoms with Gasteiger partial charge in [-0.15, -0.1) is 0 Å². The molecule has 1 atom stereocenters. The molecule has 0 aliphatic rings. The van der Waals surface area contributed by atoms with Crippen molar-refractivity contribution < 1.29 is 9.59 Å². The summed E-state index contributed by atoms with van der Waals surface area (Å²) < 4.78 is 0. The Morgan fingerprint density at radius 3 is 2.67 bits per heavy atom. The molecule has 0 radical (unpaired) electrons. The maximum Gasteiger partial charge on any atom is 0.251 e. The van der Waals surface area contributed by atoms with Crippen LogP contribution in [0.5, 0.6) is 0 Å². The van der Waals surface area contributed by atoms with Crippen LogP contribution < -0.4 is 10.6 Å². The average molecular weight is 287 g/mol. The van der Waals surface area contributed by atoms with Gasteiger partial charge in [0.05, 0.1) is 0 Å². The van der Waals surface area contributed by atoms with E-state index in [1.54, 1.807) is 19.1 Å². The van der Waals surface area contributed by atoms with Crippen LogP contribution in [0.4, 0.5) is 0 Å². The molecule has 21 heavy (non-hydrogen) atoms. The van der Waals surface area contributed by atoms with Crippen molar-refractivity contribution in [1.82, 2.24) is 15.6 Å². The fourth-order valence-corrected chi connectivity index (χ4v) is 1.99. The van der Waals surface area contributed by atoms with E-state index < -0.39 is 6.04 Å². The largest absolute Gasteiger partial charge is 0.361 e. The molecule has 0 fully saturated rings. The highest BCUT2D eigenvalue weighted by Crippen LogP contribution is 2.14. The molecule has 1 heterocycles. The smallest absolute Gasteiger partial charge is 0.251 e. The molecule has 112 valence electrons. The van der Waals surface area contributed by atoms with Crippen LogP contribution in [-0.2, 0) is 4.79 Å². The second kappa shape index (κ2) is 6.43. The Balaban J connectivity index is 1.98. The molecule has 0 bridgehead atoms. The number of carbonyl (C=O) groups excluding carboxylic acids is 2. The summed E-state index contributed by atoms with van der Waals surface area (Å²) in [7, 11) is 0. The van der Waals surface area contributed by atoms with Gasteiger partial charge in [0, 0.05) is 23.8 Å². The van der Waals surface area contributed by atoms with Crippen LogP contribution >= 0.6 is 0 Å². The second-order valence-electron chi connectivity index (χ2n) is 5.61. The maximum atomic E-state index is 12.2. The van der Waals surface area contributed by atoms with Crippen LogP contribution in [0.15, 0.2) is 30.5 Å². The molecule has 0 aliphatic heterocycles. The third-order valence-electron chi connectivity index (χ3n) is 3.24. The number of benzene rings is 1. The third kappa shape index (κ3) is 3.84. The predicted octanol–water partition coefficient (Wildman–Crippen LogP) is 2.06. The summed E-state index contributed by atoms with van der Waals surface area (Å²) in [6, 6.07) is 6.80. The molecule has 0 saturated carbocycles. The topological polar surface area (TPSA) is 74.0 Å². The number of rotatable bonds is 5. The molecule has 2 aromatic rings. The highest BCUT2D eigenvalue weighted by atomic mass is 16.2.